The summed E-state index contributed by atoms with van der Waals surface area (Å²) in [6.45, 7) is 6.04. The molecule has 0 aromatic rings. The van der Waals surface area contributed by atoms with Crippen molar-refractivity contribution < 1.29 is 14.3 Å². The number of morpholine rings is 1. The number of carbonyl (C=O) groups excluding carboxylic acids is 1. The lowest BCUT2D eigenvalue weighted by molar-refractivity contribution is -0.146. The van der Waals surface area contributed by atoms with Crippen molar-refractivity contribution in [3.05, 3.63) is 0 Å². The van der Waals surface area contributed by atoms with Gasteiger partial charge in [-0.05, 0) is 13.3 Å². The number of carbonyl (C=O) groups is 1. The number of hydrogen-bond acceptors (Lipinski definition) is 5. The minimum atomic E-state index is -0.636. The standard InChI is InChI=1S/C11H18N2O3/c1-2-16-11(14)10(9-12)3-4-13-5-7-15-8-6-13/h10H,2-8H2,1H3. The largest absolute Gasteiger partial charge is 0.465 e. The molecule has 1 rings (SSSR count). The molecule has 0 aromatic heterocycles. The van der Waals surface area contributed by atoms with Crippen LogP contribution in [0.25, 0.3) is 0 Å². The zero-order valence-corrected chi connectivity index (χ0v) is 9.65. The van der Waals surface area contributed by atoms with Gasteiger partial charge in [0, 0.05) is 19.6 Å². The van der Waals surface area contributed by atoms with E-state index in [2.05, 4.69) is 4.90 Å². The SMILES string of the molecule is CCOC(=O)C(C#N)CCN1CCOCC1. The molecule has 90 valence electrons. The van der Waals surface area contributed by atoms with Gasteiger partial charge in [0.15, 0.2) is 0 Å². The lowest BCUT2D eigenvalue weighted by Gasteiger charge is -2.26. The molecule has 1 aliphatic rings. The lowest BCUT2D eigenvalue weighted by Crippen LogP contribution is -2.38. The Labute approximate surface area is 95.9 Å². The van der Waals surface area contributed by atoms with Crippen molar-refractivity contribution in [2.75, 3.05) is 39.5 Å². The summed E-state index contributed by atoms with van der Waals surface area (Å²) in [6.07, 6.45) is 0.537. The maximum atomic E-state index is 11.4. The third kappa shape index (κ3) is 4.17. The maximum Gasteiger partial charge on any atom is 0.323 e. The highest BCUT2D eigenvalue weighted by molar-refractivity contribution is 5.75. The van der Waals surface area contributed by atoms with Crippen LogP contribution in [0, 0.1) is 17.2 Å². The molecule has 1 atom stereocenters. The van der Waals surface area contributed by atoms with Gasteiger partial charge in [0.2, 0.25) is 0 Å². The normalized spacial score (nSPS) is 18.8. The van der Waals surface area contributed by atoms with Crippen LogP contribution in [0.5, 0.6) is 0 Å². The van der Waals surface area contributed by atoms with E-state index >= 15 is 0 Å². The van der Waals surface area contributed by atoms with Gasteiger partial charge >= 0.3 is 5.97 Å². The molecule has 0 spiro atoms. The molecule has 0 radical (unpaired) electrons. The van der Waals surface area contributed by atoms with Crippen LogP contribution >= 0.6 is 0 Å². The van der Waals surface area contributed by atoms with Crippen LogP contribution in [-0.4, -0.2) is 50.3 Å². The van der Waals surface area contributed by atoms with Crippen LogP contribution in [0.15, 0.2) is 0 Å². The van der Waals surface area contributed by atoms with Gasteiger partial charge in [-0.1, -0.05) is 0 Å². The lowest BCUT2D eigenvalue weighted by atomic mass is 10.1. The summed E-state index contributed by atoms with van der Waals surface area (Å²) in [5.74, 6) is -1.04. The van der Waals surface area contributed by atoms with E-state index in [9.17, 15) is 4.79 Å². The predicted molar refractivity (Wildman–Crippen MR) is 57.6 cm³/mol. The van der Waals surface area contributed by atoms with Gasteiger partial charge in [0.1, 0.15) is 5.92 Å². The zero-order valence-electron chi connectivity index (χ0n) is 9.65. The maximum absolute atomic E-state index is 11.4. The summed E-state index contributed by atoms with van der Waals surface area (Å²) in [6, 6.07) is 1.99. The van der Waals surface area contributed by atoms with E-state index in [-0.39, 0.29) is 0 Å². The Morgan fingerprint density at radius 1 is 1.56 bits per heavy atom. The fraction of sp³-hybridized carbons (Fsp3) is 0.818. The summed E-state index contributed by atoms with van der Waals surface area (Å²) < 4.78 is 10.1. The first-order chi connectivity index (χ1) is 7.77. The smallest absolute Gasteiger partial charge is 0.323 e. The summed E-state index contributed by atoms with van der Waals surface area (Å²) in [4.78, 5) is 13.6. The number of nitrogens with zero attached hydrogens (tertiary/aromatic N) is 2. The molecule has 1 fully saturated rings. The Kier molecular flexibility index (Phi) is 5.83. The second-order valence-electron chi connectivity index (χ2n) is 3.68. The van der Waals surface area contributed by atoms with Crippen molar-refractivity contribution >= 4 is 5.97 Å². The van der Waals surface area contributed by atoms with Crippen molar-refractivity contribution in [1.82, 2.24) is 4.90 Å². The Hall–Kier alpha value is -1.12. The number of nitriles is 1. The van der Waals surface area contributed by atoms with E-state index in [1.807, 2.05) is 6.07 Å². The second kappa shape index (κ2) is 7.20. The second-order valence-corrected chi connectivity index (χ2v) is 3.68. The summed E-state index contributed by atoms with van der Waals surface area (Å²) in [5.41, 5.74) is 0. The highest BCUT2D eigenvalue weighted by Crippen LogP contribution is 2.07. The first-order valence-corrected chi connectivity index (χ1v) is 5.64. The minimum Gasteiger partial charge on any atom is -0.465 e. The number of hydrogen-bond donors (Lipinski definition) is 0. The van der Waals surface area contributed by atoms with E-state index in [0.29, 0.717) is 13.0 Å². The van der Waals surface area contributed by atoms with Crippen LogP contribution < -0.4 is 0 Å². The molecule has 16 heavy (non-hydrogen) atoms. The van der Waals surface area contributed by atoms with Crippen molar-refractivity contribution in [3.63, 3.8) is 0 Å². The quantitative estimate of drug-likeness (QED) is 0.635. The highest BCUT2D eigenvalue weighted by atomic mass is 16.5. The molecular weight excluding hydrogens is 208 g/mol. The number of ether oxygens (including phenoxy) is 2. The third-order valence-electron chi connectivity index (χ3n) is 2.56. The molecule has 0 aromatic carbocycles. The van der Waals surface area contributed by atoms with Gasteiger partial charge in [0.25, 0.3) is 0 Å². The molecule has 1 saturated heterocycles. The van der Waals surface area contributed by atoms with Gasteiger partial charge in [-0.25, -0.2) is 0 Å². The average molecular weight is 226 g/mol. The first-order valence-electron chi connectivity index (χ1n) is 5.64. The van der Waals surface area contributed by atoms with Crippen molar-refractivity contribution in [2.24, 2.45) is 5.92 Å². The van der Waals surface area contributed by atoms with Crippen LogP contribution in [0.4, 0.5) is 0 Å². The van der Waals surface area contributed by atoms with Crippen LogP contribution in [0.3, 0.4) is 0 Å². The fourth-order valence-electron chi connectivity index (χ4n) is 1.61. The molecule has 1 aliphatic heterocycles. The molecular formula is C11H18N2O3. The highest BCUT2D eigenvalue weighted by Gasteiger charge is 2.20. The molecule has 0 amide bonds. The van der Waals surface area contributed by atoms with Gasteiger partial charge < -0.3 is 9.47 Å². The van der Waals surface area contributed by atoms with E-state index < -0.39 is 11.9 Å². The average Bonchev–Trinajstić information content (AvgIpc) is 2.31. The Bertz CT molecular complexity index is 256. The van der Waals surface area contributed by atoms with E-state index in [1.165, 1.54) is 0 Å². The predicted octanol–water partition coefficient (Wildman–Crippen LogP) is 0.412. The summed E-state index contributed by atoms with van der Waals surface area (Å²) in [7, 11) is 0. The van der Waals surface area contributed by atoms with E-state index in [4.69, 9.17) is 14.7 Å². The van der Waals surface area contributed by atoms with Crippen LogP contribution in [-0.2, 0) is 14.3 Å². The molecule has 5 heteroatoms. The monoisotopic (exact) mass is 226 g/mol. The Morgan fingerprint density at radius 2 is 2.25 bits per heavy atom. The Balaban J connectivity index is 2.27. The number of esters is 1. The summed E-state index contributed by atoms with van der Waals surface area (Å²) in [5, 5.41) is 8.86. The van der Waals surface area contributed by atoms with Crippen molar-refractivity contribution in [2.45, 2.75) is 13.3 Å². The minimum absolute atomic E-state index is 0.328. The molecule has 0 bridgehead atoms. The van der Waals surface area contributed by atoms with Gasteiger partial charge in [-0.3, -0.25) is 9.69 Å². The van der Waals surface area contributed by atoms with E-state index in [0.717, 1.165) is 32.8 Å². The third-order valence-corrected chi connectivity index (χ3v) is 2.56. The first kappa shape index (κ1) is 12.9. The molecule has 0 N–H and O–H groups in total. The molecule has 5 nitrogen and oxygen atoms in total. The molecule has 1 unspecified atom stereocenters. The van der Waals surface area contributed by atoms with Gasteiger partial charge in [-0.15, -0.1) is 0 Å². The van der Waals surface area contributed by atoms with Crippen LogP contribution in [0.1, 0.15) is 13.3 Å². The summed E-state index contributed by atoms with van der Waals surface area (Å²) >= 11 is 0. The topological polar surface area (TPSA) is 62.6 Å². The van der Waals surface area contributed by atoms with E-state index in [1.54, 1.807) is 6.92 Å². The van der Waals surface area contributed by atoms with Crippen molar-refractivity contribution in [1.29, 1.82) is 5.26 Å². The Morgan fingerprint density at radius 3 is 2.81 bits per heavy atom. The van der Waals surface area contributed by atoms with Gasteiger partial charge in [0.05, 0.1) is 25.9 Å². The van der Waals surface area contributed by atoms with Crippen molar-refractivity contribution in [3.8, 4) is 6.07 Å². The van der Waals surface area contributed by atoms with Crippen LogP contribution in [0.2, 0.25) is 0 Å². The fourth-order valence-corrected chi connectivity index (χ4v) is 1.61. The number of rotatable bonds is 5. The molecule has 1 heterocycles. The molecule has 0 aliphatic carbocycles. The zero-order chi connectivity index (χ0) is 11.8. The molecule has 0 saturated carbocycles. The van der Waals surface area contributed by atoms with Gasteiger partial charge in [-0.2, -0.15) is 5.26 Å².